The maximum Gasteiger partial charge on any atom is 0.222 e. The van der Waals surface area contributed by atoms with E-state index in [9.17, 15) is 9.59 Å². The van der Waals surface area contributed by atoms with Gasteiger partial charge in [0.1, 0.15) is 0 Å². The first kappa shape index (κ1) is 20.3. The van der Waals surface area contributed by atoms with E-state index in [4.69, 9.17) is 9.47 Å². The Morgan fingerprint density at radius 1 is 1.18 bits per heavy atom. The number of nitrogens with one attached hydrogen (secondary N) is 1. The lowest BCUT2D eigenvalue weighted by Gasteiger charge is -2.34. The van der Waals surface area contributed by atoms with Crippen LogP contribution in [0.3, 0.4) is 0 Å². The van der Waals surface area contributed by atoms with Gasteiger partial charge in [0.15, 0.2) is 11.5 Å². The zero-order valence-electron chi connectivity index (χ0n) is 16.9. The monoisotopic (exact) mass is 389 g/mol. The number of methoxy groups -OCH3 is 2. The van der Waals surface area contributed by atoms with Crippen LogP contribution in [0.4, 0.5) is 5.69 Å². The normalized spacial score (nSPS) is 19.6. The Labute approximate surface area is 167 Å². The second kappa shape index (κ2) is 9.66. The van der Waals surface area contributed by atoms with E-state index in [0.717, 1.165) is 44.5 Å². The summed E-state index contributed by atoms with van der Waals surface area (Å²) in [5.41, 5.74) is 0.962. The van der Waals surface area contributed by atoms with E-state index in [2.05, 4.69) is 5.32 Å². The number of benzene rings is 1. The number of ether oxygens (including phenoxy) is 2. The Balaban J connectivity index is 1.48. The highest BCUT2D eigenvalue weighted by atomic mass is 16.5. The standard InChI is InChI=1S/C21H31N3O4/c1-27-18-10-9-16(14-19(18)28-2)22-17-6-3-13-24(15-17)21(26)8-5-12-23-11-4-7-20(23)25/h9-10,14,17,22H,3-8,11-13,15H2,1-2H3. The van der Waals surface area contributed by atoms with Crippen LogP contribution in [-0.2, 0) is 9.59 Å². The maximum atomic E-state index is 12.6. The summed E-state index contributed by atoms with van der Waals surface area (Å²) in [6, 6.07) is 5.99. The average Bonchev–Trinajstić information content (AvgIpc) is 3.12. The van der Waals surface area contributed by atoms with E-state index in [1.807, 2.05) is 28.0 Å². The molecule has 0 aromatic heterocycles. The van der Waals surface area contributed by atoms with E-state index in [1.165, 1.54) is 0 Å². The SMILES string of the molecule is COc1ccc(NC2CCCN(C(=O)CCCN3CCCC3=O)C2)cc1OC. The quantitative estimate of drug-likeness (QED) is 0.740. The number of hydrogen-bond donors (Lipinski definition) is 1. The zero-order valence-corrected chi connectivity index (χ0v) is 16.9. The molecule has 0 saturated carbocycles. The molecule has 2 heterocycles. The fourth-order valence-corrected chi connectivity index (χ4v) is 4.00. The van der Waals surface area contributed by atoms with Gasteiger partial charge in [0.2, 0.25) is 11.8 Å². The van der Waals surface area contributed by atoms with Crippen LogP contribution in [0, 0.1) is 0 Å². The lowest BCUT2D eigenvalue weighted by atomic mass is 10.0. The van der Waals surface area contributed by atoms with Crippen molar-refractivity contribution < 1.29 is 19.1 Å². The molecule has 7 heteroatoms. The molecule has 2 aliphatic heterocycles. The molecule has 0 bridgehead atoms. The lowest BCUT2D eigenvalue weighted by molar-refractivity contribution is -0.133. The van der Waals surface area contributed by atoms with Crippen molar-refractivity contribution in [1.29, 1.82) is 0 Å². The number of carbonyl (C=O) groups is 2. The van der Waals surface area contributed by atoms with Crippen LogP contribution in [0.15, 0.2) is 18.2 Å². The van der Waals surface area contributed by atoms with Crippen LogP contribution in [0.25, 0.3) is 0 Å². The molecule has 2 saturated heterocycles. The van der Waals surface area contributed by atoms with Gasteiger partial charge in [-0.25, -0.2) is 0 Å². The molecule has 1 unspecified atom stereocenters. The van der Waals surface area contributed by atoms with Crippen LogP contribution in [-0.4, -0.2) is 68.1 Å². The smallest absolute Gasteiger partial charge is 0.222 e. The third-order valence-electron chi connectivity index (χ3n) is 5.52. The first-order valence-corrected chi connectivity index (χ1v) is 10.1. The van der Waals surface area contributed by atoms with Gasteiger partial charge in [0, 0.05) is 56.8 Å². The molecule has 1 aromatic rings. The highest BCUT2D eigenvalue weighted by Crippen LogP contribution is 2.30. The number of likely N-dealkylation sites (tertiary alicyclic amines) is 2. The van der Waals surface area contributed by atoms with Gasteiger partial charge in [0.25, 0.3) is 0 Å². The molecule has 2 amide bonds. The molecule has 28 heavy (non-hydrogen) atoms. The number of piperidine rings is 1. The molecule has 0 aliphatic carbocycles. The van der Waals surface area contributed by atoms with Crippen molar-refractivity contribution in [1.82, 2.24) is 9.80 Å². The summed E-state index contributed by atoms with van der Waals surface area (Å²) in [7, 11) is 3.24. The first-order valence-electron chi connectivity index (χ1n) is 10.1. The Morgan fingerprint density at radius 3 is 2.71 bits per heavy atom. The molecule has 2 aliphatic rings. The van der Waals surface area contributed by atoms with Gasteiger partial charge in [-0.3, -0.25) is 9.59 Å². The van der Waals surface area contributed by atoms with E-state index in [1.54, 1.807) is 14.2 Å². The minimum Gasteiger partial charge on any atom is -0.493 e. The minimum absolute atomic E-state index is 0.186. The number of carbonyl (C=O) groups excluding carboxylic acids is 2. The van der Waals surface area contributed by atoms with Crippen molar-refractivity contribution in [3.8, 4) is 11.5 Å². The minimum atomic E-state index is 0.186. The fourth-order valence-electron chi connectivity index (χ4n) is 4.00. The highest BCUT2D eigenvalue weighted by Gasteiger charge is 2.24. The number of anilines is 1. The molecule has 0 spiro atoms. The van der Waals surface area contributed by atoms with Crippen molar-refractivity contribution in [2.75, 3.05) is 45.7 Å². The predicted octanol–water partition coefficient (Wildman–Crippen LogP) is 2.51. The van der Waals surface area contributed by atoms with Crippen molar-refractivity contribution in [2.24, 2.45) is 0 Å². The predicted molar refractivity (Wildman–Crippen MR) is 108 cm³/mol. The Bertz CT molecular complexity index is 694. The largest absolute Gasteiger partial charge is 0.493 e. The molecule has 2 fully saturated rings. The summed E-state index contributed by atoms with van der Waals surface area (Å²) >= 11 is 0. The summed E-state index contributed by atoms with van der Waals surface area (Å²) in [4.78, 5) is 28.1. The van der Waals surface area contributed by atoms with Crippen molar-refractivity contribution in [3.63, 3.8) is 0 Å². The molecule has 0 radical (unpaired) electrons. The Kier molecular flexibility index (Phi) is 7.01. The Hall–Kier alpha value is -2.44. The van der Waals surface area contributed by atoms with Gasteiger partial charge in [-0.05, 0) is 37.8 Å². The van der Waals surface area contributed by atoms with Gasteiger partial charge in [-0.2, -0.15) is 0 Å². The second-order valence-electron chi connectivity index (χ2n) is 7.48. The lowest BCUT2D eigenvalue weighted by Crippen LogP contribution is -2.45. The van der Waals surface area contributed by atoms with Crippen LogP contribution in [0.1, 0.15) is 38.5 Å². The summed E-state index contributed by atoms with van der Waals surface area (Å²) in [6.07, 6.45) is 4.87. The van der Waals surface area contributed by atoms with Gasteiger partial charge >= 0.3 is 0 Å². The van der Waals surface area contributed by atoms with Crippen LogP contribution in [0.5, 0.6) is 11.5 Å². The Morgan fingerprint density at radius 2 is 2.00 bits per heavy atom. The fraction of sp³-hybridized carbons (Fsp3) is 0.619. The van der Waals surface area contributed by atoms with E-state index in [0.29, 0.717) is 37.4 Å². The summed E-state index contributed by atoms with van der Waals surface area (Å²) in [5.74, 6) is 1.80. The second-order valence-corrected chi connectivity index (χ2v) is 7.48. The first-order chi connectivity index (χ1) is 13.6. The van der Waals surface area contributed by atoms with Gasteiger partial charge in [0.05, 0.1) is 14.2 Å². The third-order valence-corrected chi connectivity index (χ3v) is 5.52. The highest BCUT2D eigenvalue weighted by molar-refractivity contribution is 5.78. The number of nitrogens with zero attached hydrogens (tertiary/aromatic N) is 2. The average molecular weight is 389 g/mol. The zero-order chi connectivity index (χ0) is 19.9. The number of hydrogen-bond acceptors (Lipinski definition) is 5. The molecule has 1 N–H and O–H groups in total. The van der Waals surface area contributed by atoms with Gasteiger partial charge in [-0.1, -0.05) is 0 Å². The summed E-state index contributed by atoms with van der Waals surface area (Å²) in [5, 5.41) is 3.52. The van der Waals surface area contributed by atoms with Crippen molar-refractivity contribution >= 4 is 17.5 Å². The van der Waals surface area contributed by atoms with E-state index < -0.39 is 0 Å². The summed E-state index contributed by atoms with van der Waals surface area (Å²) in [6.45, 7) is 3.06. The van der Waals surface area contributed by atoms with E-state index >= 15 is 0 Å². The molecule has 7 nitrogen and oxygen atoms in total. The molecule has 1 atom stereocenters. The molecular formula is C21H31N3O4. The molecule has 3 rings (SSSR count). The van der Waals surface area contributed by atoms with Crippen LogP contribution >= 0.6 is 0 Å². The van der Waals surface area contributed by atoms with Crippen molar-refractivity contribution in [3.05, 3.63) is 18.2 Å². The molecule has 154 valence electrons. The van der Waals surface area contributed by atoms with Crippen LogP contribution in [0.2, 0.25) is 0 Å². The molecule has 1 aromatic carbocycles. The third kappa shape index (κ3) is 5.09. The number of amides is 2. The van der Waals surface area contributed by atoms with Gasteiger partial charge < -0.3 is 24.6 Å². The van der Waals surface area contributed by atoms with Crippen molar-refractivity contribution in [2.45, 2.75) is 44.6 Å². The number of rotatable bonds is 8. The van der Waals surface area contributed by atoms with Crippen LogP contribution < -0.4 is 14.8 Å². The molecular weight excluding hydrogens is 358 g/mol. The summed E-state index contributed by atoms with van der Waals surface area (Å²) < 4.78 is 10.6. The van der Waals surface area contributed by atoms with E-state index in [-0.39, 0.29) is 17.9 Å². The maximum absolute atomic E-state index is 12.6. The topological polar surface area (TPSA) is 71.1 Å². The van der Waals surface area contributed by atoms with Gasteiger partial charge in [-0.15, -0.1) is 0 Å².